The van der Waals surface area contributed by atoms with E-state index in [4.69, 9.17) is 9.97 Å². The fourth-order valence-electron chi connectivity index (χ4n) is 4.49. The lowest BCUT2D eigenvalue weighted by Crippen LogP contribution is -2.48. The van der Waals surface area contributed by atoms with Crippen molar-refractivity contribution in [2.24, 2.45) is 0 Å². The van der Waals surface area contributed by atoms with Crippen LogP contribution in [-0.2, 0) is 24.2 Å². The Morgan fingerprint density at radius 3 is 2.65 bits per heavy atom. The number of carbonyl (C=O) groups excluding carboxylic acids is 1. The summed E-state index contributed by atoms with van der Waals surface area (Å²) >= 11 is 1.83. The number of hydrogen-bond acceptors (Lipinski definition) is 6. The lowest BCUT2D eigenvalue weighted by atomic mass is 9.97. The van der Waals surface area contributed by atoms with Crippen LogP contribution in [0.15, 0.2) is 43.0 Å². The van der Waals surface area contributed by atoms with Crippen LogP contribution in [0, 0.1) is 0 Å². The van der Waals surface area contributed by atoms with Crippen LogP contribution in [0.1, 0.15) is 28.8 Å². The van der Waals surface area contributed by atoms with Crippen LogP contribution in [0.4, 0.5) is 11.8 Å². The van der Waals surface area contributed by atoms with E-state index >= 15 is 0 Å². The van der Waals surface area contributed by atoms with Gasteiger partial charge < -0.3 is 15.1 Å². The fourth-order valence-corrected chi connectivity index (χ4v) is 5.75. The van der Waals surface area contributed by atoms with Gasteiger partial charge in [-0.1, -0.05) is 36.9 Å². The molecule has 160 valence electrons. The molecule has 7 heteroatoms. The topological polar surface area (TPSA) is 61.4 Å². The maximum atomic E-state index is 12.0. The number of piperazine rings is 1. The first kappa shape index (κ1) is 20.0. The molecule has 1 aliphatic carbocycles. The highest BCUT2D eigenvalue weighted by Crippen LogP contribution is 2.40. The van der Waals surface area contributed by atoms with E-state index in [2.05, 4.69) is 28.9 Å². The minimum absolute atomic E-state index is 0.00520. The SMILES string of the molecule is C=CC(=O)N1CCN(c2nc(NCc3ccccc3)nc3sc4c(c23)CCCC4)CC1. The van der Waals surface area contributed by atoms with E-state index in [1.807, 2.05) is 34.4 Å². The Balaban J connectivity index is 1.48. The predicted molar refractivity (Wildman–Crippen MR) is 127 cm³/mol. The van der Waals surface area contributed by atoms with Crippen molar-refractivity contribution in [3.8, 4) is 0 Å². The van der Waals surface area contributed by atoms with Crippen molar-refractivity contribution in [1.29, 1.82) is 0 Å². The van der Waals surface area contributed by atoms with Crippen LogP contribution >= 0.6 is 11.3 Å². The van der Waals surface area contributed by atoms with Gasteiger partial charge in [0.25, 0.3) is 0 Å². The van der Waals surface area contributed by atoms with Gasteiger partial charge in [-0.25, -0.2) is 4.98 Å². The van der Waals surface area contributed by atoms with Gasteiger partial charge in [-0.05, 0) is 42.9 Å². The smallest absolute Gasteiger partial charge is 0.246 e. The second-order valence-electron chi connectivity index (χ2n) is 8.12. The number of aryl methyl sites for hydroxylation is 2. The Morgan fingerprint density at radius 2 is 1.87 bits per heavy atom. The summed E-state index contributed by atoms with van der Waals surface area (Å²) in [5, 5.41) is 4.66. The quantitative estimate of drug-likeness (QED) is 0.616. The number of thiophene rings is 1. The lowest BCUT2D eigenvalue weighted by molar-refractivity contribution is -0.126. The van der Waals surface area contributed by atoms with Crippen molar-refractivity contribution in [1.82, 2.24) is 14.9 Å². The summed E-state index contributed by atoms with van der Waals surface area (Å²) < 4.78 is 0. The van der Waals surface area contributed by atoms with Crippen LogP contribution in [0.3, 0.4) is 0 Å². The molecule has 31 heavy (non-hydrogen) atoms. The number of hydrogen-bond donors (Lipinski definition) is 1. The molecule has 1 N–H and O–H groups in total. The van der Waals surface area contributed by atoms with Gasteiger partial charge in [0.15, 0.2) is 0 Å². The van der Waals surface area contributed by atoms with Gasteiger partial charge in [0.05, 0.1) is 5.39 Å². The summed E-state index contributed by atoms with van der Waals surface area (Å²) in [5.41, 5.74) is 2.65. The largest absolute Gasteiger partial charge is 0.352 e. The van der Waals surface area contributed by atoms with Crippen LogP contribution in [0.2, 0.25) is 0 Å². The molecule has 0 radical (unpaired) electrons. The number of carbonyl (C=O) groups is 1. The summed E-state index contributed by atoms with van der Waals surface area (Å²) in [6.07, 6.45) is 6.14. The number of aromatic nitrogens is 2. The van der Waals surface area contributed by atoms with Gasteiger partial charge in [0.2, 0.25) is 11.9 Å². The third-order valence-electron chi connectivity index (χ3n) is 6.15. The molecule has 0 unspecified atom stereocenters. The molecule has 1 aliphatic heterocycles. The zero-order valence-corrected chi connectivity index (χ0v) is 18.5. The summed E-state index contributed by atoms with van der Waals surface area (Å²) in [6, 6.07) is 10.3. The molecular formula is C24H27N5OS. The van der Waals surface area contributed by atoms with E-state index in [1.165, 1.54) is 40.3 Å². The van der Waals surface area contributed by atoms with E-state index in [0.29, 0.717) is 25.6 Å². The summed E-state index contributed by atoms with van der Waals surface area (Å²) in [7, 11) is 0. The molecular weight excluding hydrogens is 406 g/mol. The van der Waals surface area contributed by atoms with E-state index in [0.717, 1.165) is 36.6 Å². The Kier molecular flexibility index (Phi) is 5.59. The molecule has 1 aromatic carbocycles. The monoisotopic (exact) mass is 433 g/mol. The first-order valence-corrected chi connectivity index (χ1v) is 11.8. The molecule has 3 aromatic rings. The van der Waals surface area contributed by atoms with Gasteiger partial charge in [0.1, 0.15) is 10.6 Å². The highest BCUT2D eigenvalue weighted by atomic mass is 32.1. The van der Waals surface area contributed by atoms with Crippen LogP contribution in [0.5, 0.6) is 0 Å². The van der Waals surface area contributed by atoms with Crippen LogP contribution < -0.4 is 10.2 Å². The first-order chi connectivity index (χ1) is 15.2. The molecule has 1 amide bonds. The average Bonchev–Trinajstić information content (AvgIpc) is 3.21. The lowest BCUT2D eigenvalue weighted by Gasteiger charge is -2.35. The molecule has 3 heterocycles. The number of nitrogens with zero attached hydrogens (tertiary/aromatic N) is 4. The van der Waals surface area contributed by atoms with E-state index in [1.54, 1.807) is 0 Å². The van der Waals surface area contributed by atoms with Gasteiger partial charge >= 0.3 is 0 Å². The van der Waals surface area contributed by atoms with Gasteiger partial charge in [0, 0.05) is 37.6 Å². The van der Waals surface area contributed by atoms with Crippen molar-refractivity contribution < 1.29 is 4.79 Å². The number of anilines is 2. The zero-order valence-electron chi connectivity index (χ0n) is 17.6. The second kappa shape index (κ2) is 8.67. The van der Waals surface area contributed by atoms with Crippen molar-refractivity contribution in [3.63, 3.8) is 0 Å². The number of benzene rings is 1. The average molecular weight is 434 g/mol. The van der Waals surface area contributed by atoms with Crippen molar-refractivity contribution in [3.05, 3.63) is 59.0 Å². The van der Waals surface area contributed by atoms with E-state index in [9.17, 15) is 4.79 Å². The molecule has 5 rings (SSSR count). The maximum Gasteiger partial charge on any atom is 0.246 e. The highest BCUT2D eigenvalue weighted by molar-refractivity contribution is 7.19. The molecule has 1 fully saturated rings. The van der Waals surface area contributed by atoms with Crippen molar-refractivity contribution >= 4 is 39.2 Å². The van der Waals surface area contributed by atoms with E-state index in [-0.39, 0.29) is 5.91 Å². The highest BCUT2D eigenvalue weighted by Gasteiger charge is 2.27. The van der Waals surface area contributed by atoms with Crippen LogP contribution in [-0.4, -0.2) is 47.0 Å². The van der Waals surface area contributed by atoms with E-state index < -0.39 is 0 Å². The summed E-state index contributed by atoms with van der Waals surface area (Å²) in [5.74, 6) is 1.70. The molecule has 0 bridgehead atoms. The first-order valence-electron chi connectivity index (χ1n) is 11.0. The van der Waals surface area contributed by atoms with Gasteiger partial charge in [-0.15, -0.1) is 11.3 Å². The predicted octanol–water partition coefficient (Wildman–Crippen LogP) is 4.02. The molecule has 0 spiro atoms. The molecule has 2 aliphatic rings. The second-order valence-corrected chi connectivity index (χ2v) is 9.20. The number of rotatable bonds is 5. The Labute approximate surface area is 186 Å². The number of nitrogens with one attached hydrogen (secondary N) is 1. The normalized spacial score (nSPS) is 16.3. The fraction of sp³-hybridized carbons (Fsp3) is 0.375. The van der Waals surface area contributed by atoms with Crippen molar-refractivity contribution in [2.75, 3.05) is 36.4 Å². The van der Waals surface area contributed by atoms with Gasteiger partial charge in [-0.3, -0.25) is 4.79 Å². The molecule has 0 atom stereocenters. The Bertz CT molecular complexity index is 1100. The number of fused-ring (bicyclic) bond motifs is 3. The maximum absolute atomic E-state index is 12.0. The van der Waals surface area contributed by atoms with Gasteiger partial charge in [-0.2, -0.15) is 4.98 Å². The molecule has 2 aromatic heterocycles. The minimum atomic E-state index is 0.00520. The Morgan fingerprint density at radius 1 is 1.10 bits per heavy atom. The Hall–Kier alpha value is -2.93. The minimum Gasteiger partial charge on any atom is -0.352 e. The molecule has 0 saturated carbocycles. The molecule has 1 saturated heterocycles. The summed E-state index contributed by atoms with van der Waals surface area (Å²) in [6.45, 7) is 7.24. The number of amides is 1. The third-order valence-corrected chi connectivity index (χ3v) is 7.34. The standard InChI is InChI=1S/C24H27N5OS/c1-2-20(30)28-12-14-29(15-13-28)22-21-18-10-6-7-11-19(18)31-23(21)27-24(26-22)25-16-17-8-4-3-5-9-17/h2-5,8-9H,1,6-7,10-16H2,(H,25,26,27). The summed E-state index contributed by atoms with van der Waals surface area (Å²) in [4.78, 5) is 28.6. The third kappa shape index (κ3) is 4.02. The van der Waals surface area contributed by atoms with Crippen molar-refractivity contribution in [2.45, 2.75) is 32.2 Å². The van der Waals surface area contributed by atoms with Crippen LogP contribution in [0.25, 0.3) is 10.2 Å². The molecule has 6 nitrogen and oxygen atoms in total. The zero-order chi connectivity index (χ0) is 21.2.